The molecule has 2 aromatic carbocycles. The number of aldehydes is 1. The van der Waals surface area contributed by atoms with Crippen molar-refractivity contribution in [2.75, 3.05) is 12.4 Å². The summed E-state index contributed by atoms with van der Waals surface area (Å²) in [5, 5.41) is 5.13. The van der Waals surface area contributed by atoms with Gasteiger partial charge in [-0.15, -0.1) is 0 Å². The molecule has 0 saturated carbocycles. The fourth-order valence-electron chi connectivity index (χ4n) is 3.70. The van der Waals surface area contributed by atoms with Crippen LogP contribution in [0.1, 0.15) is 39.1 Å². The van der Waals surface area contributed by atoms with Gasteiger partial charge in [0.25, 0.3) is 11.8 Å². The molecule has 10 nitrogen and oxygen atoms in total. The van der Waals surface area contributed by atoms with Gasteiger partial charge in [-0.25, -0.2) is 4.98 Å². The van der Waals surface area contributed by atoms with E-state index >= 15 is 0 Å². The Morgan fingerprint density at radius 2 is 1.97 bits per heavy atom. The second-order valence-electron chi connectivity index (χ2n) is 7.81. The van der Waals surface area contributed by atoms with Crippen LogP contribution in [-0.2, 0) is 16.1 Å². The summed E-state index contributed by atoms with van der Waals surface area (Å²) in [6.45, 7) is 0.170. The van der Waals surface area contributed by atoms with Crippen molar-refractivity contribution in [3.63, 3.8) is 0 Å². The van der Waals surface area contributed by atoms with Crippen LogP contribution in [0.3, 0.4) is 0 Å². The monoisotopic (exact) mass is 473 g/mol. The quantitative estimate of drug-likeness (QED) is 0.457. The van der Waals surface area contributed by atoms with Gasteiger partial charge in [0.15, 0.2) is 0 Å². The Hall–Kier alpha value is -4.60. The molecule has 0 spiro atoms. The van der Waals surface area contributed by atoms with Gasteiger partial charge in [-0.1, -0.05) is 18.2 Å². The van der Waals surface area contributed by atoms with E-state index in [2.05, 4.69) is 20.6 Å². The van der Waals surface area contributed by atoms with E-state index in [0.29, 0.717) is 28.7 Å². The summed E-state index contributed by atoms with van der Waals surface area (Å²) in [4.78, 5) is 58.4. The van der Waals surface area contributed by atoms with Gasteiger partial charge in [0.1, 0.15) is 12.0 Å². The van der Waals surface area contributed by atoms with E-state index in [9.17, 15) is 19.2 Å². The first kappa shape index (κ1) is 23.6. The van der Waals surface area contributed by atoms with Gasteiger partial charge in [-0.3, -0.25) is 19.7 Å². The van der Waals surface area contributed by atoms with Crippen molar-refractivity contribution in [1.82, 2.24) is 20.2 Å². The molecule has 178 valence electrons. The van der Waals surface area contributed by atoms with E-state index < -0.39 is 11.9 Å². The molecule has 0 radical (unpaired) electrons. The number of ether oxygens (including phenoxy) is 1. The Bertz CT molecular complexity index is 1260. The lowest BCUT2D eigenvalue weighted by molar-refractivity contribution is -0.121. The summed E-state index contributed by atoms with van der Waals surface area (Å²) in [5.41, 5.74) is 1.35. The number of hydrogen-bond acceptors (Lipinski definition) is 7. The van der Waals surface area contributed by atoms with Gasteiger partial charge in [0.2, 0.25) is 17.7 Å². The lowest BCUT2D eigenvalue weighted by Crippen LogP contribution is -2.37. The van der Waals surface area contributed by atoms with Gasteiger partial charge in [0, 0.05) is 43.4 Å². The molecular formula is C25H23N5O5. The molecule has 2 N–H and O–H groups in total. The standard InChI is InChI=1S/C25H23N5O5/c1-26-21(32)10-8-18(15-31)30-14-17-13-16(7-9-20(17)24(30)34)23(33)29-25-27-12-11-22(28-25)35-19-5-3-2-4-6-19/h2-7,9,11-13,15,18H,8,10,14H2,1H3,(H,26,32)(H,27,28,29,33). The van der Waals surface area contributed by atoms with E-state index in [0.717, 1.165) is 0 Å². The number of nitrogens with one attached hydrogen (secondary N) is 2. The predicted octanol–water partition coefficient (Wildman–Crippen LogP) is 2.57. The molecule has 2 heterocycles. The van der Waals surface area contributed by atoms with Crippen LogP contribution in [0.5, 0.6) is 11.6 Å². The average molecular weight is 473 g/mol. The Balaban J connectivity index is 1.44. The number of amides is 3. The second-order valence-corrected chi connectivity index (χ2v) is 7.81. The maximum absolute atomic E-state index is 12.8. The molecule has 1 aliphatic rings. The van der Waals surface area contributed by atoms with E-state index in [1.54, 1.807) is 30.3 Å². The third-order valence-electron chi connectivity index (χ3n) is 5.52. The molecule has 3 aromatic rings. The number of benzene rings is 2. The zero-order chi connectivity index (χ0) is 24.8. The largest absolute Gasteiger partial charge is 0.439 e. The molecular weight excluding hydrogens is 450 g/mol. The topological polar surface area (TPSA) is 131 Å². The minimum Gasteiger partial charge on any atom is -0.439 e. The molecule has 0 aliphatic carbocycles. The summed E-state index contributed by atoms with van der Waals surface area (Å²) in [5.74, 6) is -0.0388. The summed E-state index contributed by atoms with van der Waals surface area (Å²) >= 11 is 0. The number of hydrogen-bond donors (Lipinski definition) is 2. The van der Waals surface area contributed by atoms with Gasteiger partial charge in [-0.05, 0) is 42.3 Å². The van der Waals surface area contributed by atoms with Crippen LogP contribution in [0.25, 0.3) is 0 Å². The number of anilines is 1. The van der Waals surface area contributed by atoms with Crippen molar-refractivity contribution in [2.45, 2.75) is 25.4 Å². The van der Waals surface area contributed by atoms with E-state index in [1.165, 1.54) is 24.2 Å². The van der Waals surface area contributed by atoms with Crippen molar-refractivity contribution in [2.24, 2.45) is 0 Å². The minimum atomic E-state index is -0.731. The van der Waals surface area contributed by atoms with Gasteiger partial charge < -0.3 is 19.7 Å². The second kappa shape index (κ2) is 10.6. The van der Waals surface area contributed by atoms with E-state index in [1.807, 2.05) is 18.2 Å². The molecule has 0 fully saturated rings. The number of rotatable bonds is 9. The zero-order valence-electron chi connectivity index (χ0n) is 18.9. The van der Waals surface area contributed by atoms with Crippen molar-refractivity contribution < 1.29 is 23.9 Å². The van der Waals surface area contributed by atoms with Crippen LogP contribution < -0.4 is 15.4 Å². The molecule has 4 rings (SSSR count). The van der Waals surface area contributed by atoms with Gasteiger partial charge in [-0.2, -0.15) is 4.98 Å². The predicted molar refractivity (Wildman–Crippen MR) is 126 cm³/mol. The maximum Gasteiger partial charge on any atom is 0.258 e. The van der Waals surface area contributed by atoms with Crippen LogP contribution in [0.15, 0.2) is 60.8 Å². The van der Waals surface area contributed by atoms with Crippen molar-refractivity contribution >= 4 is 30.0 Å². The molecule has 1 aromatic heterocycles. The highest BCUT2D eigenvalue weighted by atomic mass is 16.5. The average Bonchev–Trinajstić information content (AvgIpc) is 3.20. The highest BCUT2D eigenvalue weighted by Crippen LogP contribution is 2.27. The number of aromatic nitrogens is 2. The third kappa shape index (κ3) is 5.49. The van der Waals surface area contributed by atoms with Crippen LogP contribution in [-0.4, -0.2) is 52.0 Å². The van der Waals surface area contributed by atoms with Crippen molar-refractivity contribution in [3.05, 3.63) is 77.5 Å². The molecule has 3 amide bonds. The Morgan fingerprint density at radius 1 is 1.17 bits per heavy atom. The van der Waals surface area contributed by atoms with Crippen LogP contribution in [0, 0.1) is 0 Å². The fourth-order valence-corrected chi connectivity index (χ4v) is 3.70. The number of carbonyl (C=O) groups excluding carboxylic acids is 4. The van der Waals surface area contributed by atoms with Crippen LogP contribution in [0.4, 0.5) is 5.95 Å². The highest BCUT2D eigenvalue weighted by molar-refractivity contribution is 6.05. The summed E-state index contributed by atoms with van der Waals surface area (Å²) in [6.07, 6.45) is 2.48. The summed E-state index contributed by atoms with van der Waals surface area (Å²) < 4.78 is 5.67. The first-order valence-corrected chi connectivity index (χ1v) is 11.0. The molecule has 0 saturated heterocycles. The Kier molecular flexibility index (Phi) is 7.10. The van der Waals surface area contributed by atoms with Crippen molar-refractivity contribution in [1.29, 1.82) is 0 Å². The van der Waals surface area contributed by atoms with Gasteiger partial charge in [0.05, 0.1) is 6.04 Å². The number of fused-ring (bicyclic) bond motifs is 1. The number of carbonyl (C=O) groups is 4. The summed E-state index contributed by atoms with van der Waals surface area (Å²) in [7, 11) is 1.51. The zero-order valence-corrected chi connectivity index (χ0v) is 18.9. The van der Waals surface area contributed by atoms with Crippen LogP contribution >= 0.6 is 0 Å². The van der Waals surface area contributed by atoms with E-state index in [4.69, 9.17) is 4.74 Å². The first-order valence-electron chi connectivity index (χ1n) is 11.0. The lowest BCUT2D eigenvalue weighted by Gasteiger charge is -2.22. The molecule has 0 bridgehead atoms. The lowest BCUT2D eigenvalue weighted by atomic mass is 10.1. The Labute approximate surface area is 201 Å². The molecule has 1 aliphatic heterocycles. The molecule has 1 atom stereocenters. The SMILES string of the molecule is CNC(=O)CCC(C=O)N1Cc2cc(C(=O)Nc3nccc(Oc4ccccc4)n3)ccc2C1=O. The number of nitrogens with zero attached hydrogens (tertiary/aromatic N) is 3. The van der Waals surface area contributed by atoms with E-state index in [-0.39, 0.29) is 43.0 Å². The number of para-hydroxylation sites is 1. The normalized spacial score (nSPS) is 13.1. The minimum absolute atomic E-state index is 0.0665. The highest BCUT2D eigenvalue weighted by Gasteiger charge is 2.33. The molecule has 35 heavy (non-hydrogen) atoms. The third-order valence-corrected chi connectivity index (χ3v) is 5.52. The van der Waals surface area contributed by atoms with Crippen LogP contribution in [0.2, 0.25) is 0 Å². The first-order chi connectivity index (χ1) is 17.0. The van der Waals surface area contributed by atoms with Crippen molar-refractivity contribution in [3.8, 4) is 11.6 Å². The maximum atomic E-state index is 12.8. The fraction of sp³-hybridized carbons (Fsp3) is 0.200. The summed E-state index contributed by atoms with van der Waals surface area (Å²) in [6, 6.07) is 14.6. The Morgan fingerprint density at radius 3 is 2.71 bits per heavy atom. The van der Waals surface area contributed by atoms with Gasteiger partial charge >= 0.3 is 0 Å². The smallest absolute Gasteiger partial charge is 0.258 e. The molecule has 1 unspecified atom stereocenters. The molecule has 10 heteroatoms.